The first kappa shape index (κ1) is 27.6. The first-order valence-electron chi connectivity index (χ1n) is 12.4. The Balaban J connectivity index is 1.33. The predicted molar refractivity (Wildman–Crippen MR) is 136 cm³/mol. The Hall–Kier alpha value is -2.94. The number of carbonyl (C=O) groups is 1. The average molecular weight is 523 g/mol. The van der Waals surface area contributed by atoms with E-state index in [0.29, 0.717) is 35.1 Å². The summed E-state index contributed by atoms with van der Waals surface area (Å²) in [6.07, 6.45) is 9.48. The second-order valence-corrected chi connectivity index (χ2v) is 12.0. The fraction of sp³-hybridized carbons (Fsp3) is 0.625. The average Bonchev–Trinajstić information content (AvgIpc) is 3.28. The first-order chi connectivity index (χ1) is 17.2. The third-order valence-electron chi connectivity index (χ3n) is 6.54. The number of ether oxygens (including phenoxy) is 1. The van der Waals surface area contributed by atoms with Crippen molar-refractivity contribution in [1.29, 1.82) is 0 Å². The van der Waals surface area contributed by atoms with E-state index in [0.717, 1.165) is 57.9 Å². The second kappa shape index (κ2) is 12.9. The standard InChI is InChI=1S/C24H35N4O7P/c1-17-21(24(29)33-2)18(14-16-36(3,32)34-17)11-9-7-5-4-6-8-10-15-25-19-12-13-20(28(30)31)23-22(19)26-35-27-23/h12-13,18,25H,4-11,14-16H2,1-3H3. The Bertz CT molecular complexity index is 1150. The summed E-state index contributed by atoms with van der Waals surface area (Å²) in [5.41, 5.74) is 1.61. The third-order valence-corrected chi connectivity index (χ3v) is 8.27. The van der Waals surface area contributed by atoms with Gasteiger partial charge >= 0.3 is 11.7 Å². The van der Waals surface area contributed by atoms with Gasteiger partial charge in [0, 0.05) is 25.4 Å². The maximum Gasteiger partial charge on any atom is 0.337 e. The van der Waals surface area contributed by atoms with Crippen LogP contribution in [0.15, 0.2) is 28.1 Å². The van der Waals surface area contributed by atoms with Crippen molar-refractivity contribution in [3.8, 4) is 0 Å². The summed E-state index contributed by atoms with van der Waals surface area (Å²) in [4.78, 5) is 22.9. The lowest BCUT2D eigenvalue weighted by molar-refractivity contribution is -0.383. The number of non-ortho nitro benzene ring substituents is 1. The number of rotatable bonds is 13. The quantitative estimate of drug-likeness (QED) is 0.108. The molecule has 0 bridgehead atoms. The van der Waals surface area contributed by atoms with E-state index in [-0.39, 0.29) is 23.1 Å². The molecule has 2 atom stereocenters. The Morgan fingerprint density at radius 1 is 1.17 bits per heavy atom. The summed E-state index contributed by atoms with van der Waals surface area (Å²) < 4.78 is 27.8. The zero-order chi connectivity index (χ0) is 26.1. The number of carbonyl (C=O) groups excluding carboxylic acids is 1. The Labute approximate surface area is 210 Å². The van der Waals surface area contributed by atoms with Gasteiger partial charge in [-0.05, 0) is 48.5 Å². The predicted octanol–water partition coefficient (Wildman–Crippen LogP) is 6.06. The van der Waals surface area contributed by atoms with Gasteiger partial charge < -0.3 is 14.6 Å². The van der Waals surface area contributed by atoms with Crippen molar-refractivity contribution in [3.63, 3.8) is 0 Å². The number of aromatic nitrogens is 2. The molecular weight excluding hydrogens is 487 g/mol. The van der Waals surface area contributed by atoms with Crippen LogP contribution in [0.5, 0.6) is 0 Å². The van der Waals surface area contributed by atoms with E-state index in [1.54, 1.807) is 19.7 Å². The Morgan fingerprint density at radius 2 is 1.83 bits per heavy atom. The minimum atomic E-state index is -2.72. The van der Waals surface area contributed by atoms with Gasteiger partial charge in [-0.3, -0.25) is 14.7 Å². The molecule has 0 fully saturated rings. The van der Waals surface area contributed by atoms with E-state index in [1.165, 1.54) is 13.2 Å². The molecule has 1 aliphatic rings. The SMILES string of the molecule is COC(=O)C1=C(C)OP(C)(=O)CCC1CCCCCCCCCNc1ccc([N+](=O)[O-])c2nonc12. The van der Waals surface area contributed by atoms with Crippen molar-refractivity contribution in [1.82, 2.24) is 10.3 Å². The molecule has 2 heterocycles. The first-order valence-corrected chi connectivity index (χ1v) is 14.7. The number of nitrogens with one attached hydrogen (secondary N) is 1. The van der Waals surface area contributed by atoms with Crippen LogP contribution in [-0.2, 0) is 18.6 Å². The van der Waals surface area contributed by atoms with Gasteiger partial charge in [0.15, 0.2) is 5.52 Å². The van der Waals surface area contributed by atoms with E-state index >= 15 is 0 Å². The number of nitrogens with zero attached hydrogens (tertiary/aromatic N) is 3. The number of anilines is 1. The molecule has 3 rings (SSSR count). The number of unbranched alkanes of at least 4 members (excludes halogenated alkanes) is 6. The Morgan fingerprint density at radius 3 is 2.53 bits per heavy atom. The fourth-order valence-electron chi connectivity index (χ4n) is 4.68. The number of nitro benzene ring substituents is 1. The smallest absolute Gasteiger partial charge is 0.337 e. The van der Waals surface area contributed by atoms with E-state index in [2.05, 4.69) is 20.3 Å². The van der Waals surface area contributed by atoms with Gasteiger partial charge in [-0.1, -0.05) is 38.5 Å². The Kier molecular flexibility index (Phi) is 9.87. The van der Waals surface area contributed by atoms with Gasteiger partial charge in [-0.2, -0.15) is 0 Å². The van der Waals surface area contributed by atoms with Crippen LogP contribution in [-0.4, -0.2) is 47.7 Å². The van der Waals surface area contributed by atoms with Gasteiger partial charge in [0.1, 0.15) is 5.76 Å². The topological polar surface area (TPSA) is 147 Å². The summed E-state index contributed by atoms with van der Waals surface area (Å²) in [6, 6.07) is 3.04. The molecule has 36 heavy (non-hydrogen) atoms. The maximum atomic E-state index is 12.5. The lowest BCUT2D eigenvalue weighted by Crippen LogP contribution is -2.16. The molecule has 2 unspecified atom stereocenters. The van der Waals surface area contributed by atoms with Crippen LogP contribution in [0, 0.1) is 16.0 Å². The molecule has 2 aromatic rings. The summed E-state index contributed by atoms with van der Waals surface area (Å²) in [5, 5.41) is 21.8. The molecule has 0 aliphatic carbocycles. The van der Waals surface area contributed by atoms with E-state index in [4.69, 9.17) is 9.26 Å². The highest BCUT2D eigenvalue weighted by Gasteiger charge is 2.33. The minimum absolute atomic E-state index is 0.0186. The summed E-state index contributed by atoms with van der Waals surface area (Å²) >= 11 is 0. The normalized spacial score (nSPS) is 20.1. The zero-order valence-corrected chi connectivity index (χ0v) is 22.1. The van der Waals surface area contributed by atoms with Crippen LogP contribution in [0.3, 0.4) is 0 Å². The second-order valence-electron chi connectivity index (χ2n) is 9.32. The lowest BCUT2D eigenvalue weighted by atomic mass is 9.89. The van der Waals surface area contributed by atoms with Crippen molar-refractivity contribution >= 4 is 35.7 Å². The molecule has 11 nitrogen and oxygen atoms in total. The number of nitro groups is 1. The molecule has 1 aliphatic heterocycles. The number of fused-ring (bicyclic) bond motifs is 1. The molecule has 0 saturated carbocycles. The highest BCUT2D eigenvalue weighted by Crippen LogP contribution is 2.50. The molecular formula is C24H35N4O7P. The van der Waals surface area contributed by atoms with E-state index < -0.39 is 12.3 Å². The van der Waals surface area contributed by atoms with E-state index in [1.807, 2.05) is 0 Å². The monoisotopic (exact) mass is 522 g/mol. The summed E-state index contributed by atoms with van der Waals surface area (Å²) in [7, 11) is -1.35. The highest BCUT2D eigenvalue weighted by molar-refractivity contribution is 7.58. The molecule has 0 spiro atoms. The zero-order valence-electron chi connectivity index (χ0n) is 21.2. The number of allylic oxidation sites excluding steroid dienone is 1. The molecule has 12 heteroatoms. The molecule has 1 aromatic carbocycles. The molecule has 1 aromatic heterocycles. The van der Waals surface area contributed by atoms with Gasteiger partial charge in [0.2, 0.25) is 12.9 Å². The highest BCUT2D eigenvalue weighted by atomic mass is 31.2. The van der Waals surface area contributed by atoms with Crippen LogP contribution in [0.1, 0.15) is 64.7 Å². The molecule has 0 saturated heterocycles. The molecule has 198 valence electrons. The molecule has 0 amide bonds. The lowest BCUT2D eigenvalue weighted by Gasteiger charge is -2.17. The van der Waals surface area contributed by atoms with Crippen molar-refractivity contribution in [2.45, 2.75) is 64.7 Å². The van der Waals surface area contributed by atoms with Gasteiger partial charge in [-0.25, -0.2) is 9.42 Å². The number of benzene rings is 1. The summed E-state index contributed by atoms with van der Waals surface area (Å²) in [6.45, 7) is 4.07. The molecule has 0 radical (unpaired) electrons. The molecule has 1 N–H and O–H groups in total. The minimum Gasteiger partial charge on any atom is -0.466 e. The van der Waals surface area contributed by atoms with Crippen LogP contribution in [0.2, 0.25) is 0 Å². The number of hydrogen-bond donors (Lipinski definition) is 1. The largest absolute Gasteiger partial charge is 0.466 e. The van der Waals surface area contributed by atoms with Crippen LogP contribution < -0.4 is 5.32 Å². The van der Waals surface area contributed by atoms with Crippen LogP contribution >= 0.6 is 7.37 Å². The van der Waals surface area contributed by atoms with Crippen LogP contribution in [0.4, 0.5) is 11.4 Å². The van der Waals surface area contributed by atoms with Gasteiger partial charge in [0.05, 0.1) is 23.3 Å². The van der Waals surface area contributed by atoms with Crippen molar-refractivity contribution in [2.75, 3.05) is 31.8 Å². The maximum absolute atomic E-state index is 12.5. The van der Waals surface area contributed by atoms with Crippen molar-refractivity contribution in [2.24, 2.45) is 5.92 Å². The van der Waals surface area contributed by atoms with Crippen molar-refractivity contribution < 1.29 is 28.2 Å². The van der Waals surface area contributed by atoms with E-state index in [9.17, 15) is 19.5 Å². The number of methoxy groups -OCH3 is 1. The summed E-state index contributed by atoms with van der Waals surface area (Å²) in [5.74, 6) is 0.0745. The van der Waals surface area contributed by atoms with Gasteiger partial charge in [0.25, 0.3) is 0 Å². The number of esters is 1. The van der Waals surface area contributed by atoms with Crippen molar-refractivity contribution in [3.05, 3.63) is 33.6 Å². The van der Waals surface area contributed by atoms with Gasteiger partial charge in [-0.15, -0.1) is 0 Å². The third kappa shape index (κ3) is 7.29. The van der Waals surface area contributed by atoms with Crippen LogP contribution in [0.25, 0.3) is 11.0 Å². The fourth-order valence-corrected chi connectivity index (χ4v) is 6.23. The number of hydrogen-bond acceptors (Lipinski definition) is 10.